The molecule has 1 aliphatic heterocycles. The van der Waals surface area contributed by atoms with Crippen LogP contribution >= 0.6 is 0 Å². The van der Waals surface area contributed by atoms with Gasteiger partial charge >= 0.3 is 0 Å². The van der Waals surface area contributed by atoms with Crippen molar-refractivity contribution in [1.29, 1.82) is 0 Å². The largest absolute Gasteiger partial charge is 0.324 e. The molecular formula is C16H22N2O. The summed E-state index contributed by atoms with van der Waals surface area (Å²) in [5.74, 6) is 0.905. The van der Waals surface area contributed by atoms with Gasteiger partial charge in [-0.1, -0.05) is 24.6 Å². The van der Waals surface area contributed by atoms with Crippen LogP contribution in [0.4, 0.5) is 5.69 Å². The Hall–Kier alpha value is -1.35. The number of benzene rings is 1. The number of carbonyl (C=O) groups is 1. The molecule has 3 rings (SSSR count). The topological polar surface area (TPSA) is 46.3 Å². The highest BCUT2D eigenvalue weighted by molar-refractivity contribution is 5.94. The van der Waals surface area contributed by atoms with E-state index in [0.29, 0.717) is 12.3 Å². The van der Waals surface area contributed by atoms with Crippen molar-refractivity contribution in [3.05, 3.63) is 29.8 Å². The van der Waals surface area contributed by atoms with Crippen molar-refractivity contribution in [3.8, 4) is 0 Å². The summed E-state index contributed by atoms with van der Waals surface area (Å²) in [6, 6.07) is 8.19. The van der Waals surface area contributed by atoms with Crippen molar-refractivity contribution < 1.29 is 4.79 Å². The Kier molecular flexibility index (Phi) is 3.56. The average Bonchev–Trinajstić information content (AvgIpc) is 2.54. The molecule has 1 atom stereocenters. The van der Waals surface area contributed by atoms with E-state index in [1.807, 2.05) is 23.1 Å². The molecule has 102 valence electrons. The van der Waals surface area contributed by atoms with Gasteiger partial charge in [0.15, 0.2) is 0 Å². The molecule has 0 spiro atoms. The molecule has 2 N–H and O–H groups in total. The molecule has 1 aromatic rings. The molecule has 1 heterocycles. The molecule has 1 fully saturated rings. The van der Waals surface area contributed by atoms with Crippen LogP contribution < -0.4 is 10.6 Å². The number of rotatable bonds is 2. The first-order valence-electron chi connectivity index (χ1n) is 7.40. The number of carbonyl (C=O) groups excluding carboxylic acids is 1. The van der Waals surface area contributed by atoms with Gasteiger partial charge in [0.1, 0.15) is 0 Å². The van der Waals surface area contributed by atoms with Gasteiger partial charge in [-0.3, -0.25) is 4.79 Å². The van der Waals surface area contributed by atoms with Crippen LogP contribution in [0.3, 0.4) is 0 Å². The van der Waals surface area contributed by atoms with Crippen molar-refractivity contribution in [2.45, 2.75) is 44.6 Å². The highest BCUT2D eigenvalue weighted by Gasteiger charge is 2.27. The van der Waals surface area contributed by atoms with E-state index in [2.05, 4.69) is 6.07 Å². The fourth-order valence-electron chi connectivity index (χ4n) is 3.11. The van der Waals surface area contributed by atoms with E-state index in [1.165, 1.54) is 19.3 Å². The predicted octanol–water partition coefficient (Wildman–Crippen LogP) is 3.00. The SMILES string of the molecule is NC1CCCN(C(=O)CC2CCC2)c2ccccc21. The van der Waals surface area contributed by atoms with E-state index in [4.69, 9.17) is 5.73 Å². The van der Waals surface area contributed by atoms with Crippen molar-refractivity contribution in [2.75, 3.05) is 11.4 Å². The van der Waals surface area contributed by atoms with E-state index in [9.17, 15) is 4.79 Å². The number of hydrogen-bond acceptors (Lipinski definition) is 2. The fourth-order valence-corrected chi connectivity index (χ4v) is 3.11. The number of nitrogens with two attached hydrogens (primary N) is 1. The Morgan fingerprint density at radius 2 is 2.00 bits per heavy atom. The normalized spacial score (nSPS) is 23.4. The maximum Gasteiger partial charge on any atom is 0.227 e. The van der Waals surface area contributed by atoms with Crippen molar-refractivity contribution in [1.82, 2.24) is 0 Å². The van der Waals surface area contributed by atoms with Crippen LogP contribution in [0.2, 0.25) is 0 Å². The lowest BCUT2D eigenvalue weighted by molar-refractivity contribution is -0.120. The summed E-state index contributed by atoms with van der Waals surface area (Å²) in [5.41, 5.74) is 8.37. The number of amides is 1. The zero-order valence-electron chi connectivity index (χ0n) is 11.3. The molecule has 1 saturated carbocycles. The Labute approximate surface area is 114 Å². The van der Waals surface area contributed by atoms with Gasteiger partial charge in [0, 0.05) is 24.7 Å². The molecule has 3 nitrogen and oxygen atoms in total. The Morgan fingerprint density at radius 1 is 1.21 bits per heavy atom. The predicted molar refractivity (Wildman–Crippen MR) is 76.9 cm³/mol. The summed E-state index contributed by atoms with van der Waals surface area (Å²) >= 11 is 0. The van der Waals surface area contributed by atoms with Crippen molar-refractivity contribution >= 4 is 11.6 Å². The van der Waals surface area contributed by atoms with Crippen LogP contribution in [0.25, 0.3) is 0 Å². The van der Waals surface area contributed by atoms with Gasteiger partial charge in [-0.15, -0.1) is 0 Å². The zero-order valence-corrected chi connectivity index (χ0v) is 11.3. The van der Waals surface area contributed by atoms with E-state index < -0.39 is 0 Å². The molecule has 2 aliphatic rings. The van der Waals surface area contributed by atoms with Gasteiger partial charge in [0.05, 0.1) is 0 Å². The van der Waals surface area contributed by atoms with Crippen molar-refractivity contribution in [3.63, 3.8) is 0 Å². The summed E-state index contributed by atoms with van der Waals surface area (Å²) in [7, 11) is 0. The number of anilines is 1. The minimum atomic E-state index is 0.0673. The van der Waals surface area contributed by atoms with E-state index in [-0.39, 0.29) is 11.9 Å². The monoisotopic (exact) mass is 258 g/mol. The number of fused-ring (bicyclic) bond motifs is 1. The highest BCUT2D eigenvalue weighted by Crippen LogP contribution is 2.34. The van der Waals surface area contributed by atoms with Gasteiger partial charge in [0.25, 0.3) is 0 Å². The summed E-state index contributed by atoms with van der Waals surface area (Å²) in [4.78, 5) is 14.5. The molecule has 0 saturated heterocycles. The smallest absolute Gasteiger partial charge is 0.227 e. The third-order valence-corrected chi connectivity index (χ3v) is 4.51. The lowest BCUT2D eigenvalue weighted by Gasteiger charge is -2.29. The Morgan fingerprint density at radius 3 is 2.74 bits per heavy atom. The second kappa shape index (κ2) is 5.33. The maximum atomic E-state index is 12.5. The van der Waals surface area contributed by atoms with Gasteiger partial charge in [0.2, 0.25) is 5.91 Å². The van der Waals surface area contributed by atoms with Crippen LogP contribution in [0, 0.1) is 5.92 Å². The molecular weight excluding hydrogens is 236 g/mol. The highest BCUT2D eigenvalue weighted by atomic mass is 16.2. The third kappa shape index (κ3) is 2.52. The molecule has 1 aromatic carbocycles. The minimum Gasteiger partial charge on any atom is -0.324 e. The van der Waals surface area contributed by atoms with Gasteiger partial charge in [-0.2, -0.15) is 0 Å². The Balaban J connectivity index is 1.83. The Bertz CT molecular complexity index is 468. The molecule has 0 radical (unpaired) electrons. The van der Waals surface area contributed by atoms with E-state index in [0.717, 1.165) is 30.6 Å². The summed E-state index contributed by atoms with van der Waals surface area (Å²) < 4.78 is 0. The number of para-hydroxylation sites is 1. The quantitative estimate of drug-likeness (QED) is 0.886. The average molecular weight is 258 g/mol. The van der Waals surface area contributed by atoms with Gasteiger partial charge in [-0.05, 0) is 43.2 Å². The molecule has 1 aliphatic carbocycles. The molecule has 19 heavy (non-hydrogen) atoms. The molecule has 0 aromatic heterocycles. The van der Waals surface area contributed by atoms with E-state index in [1.54, 1.807) is 0 Å². The maximum absolute atomic E-state index is 12.5. The van der Waals surface area contributed by atoms with Crippen LogP contribution in [-0.4, -0.2) is 12.5 Å². The van der Waals surface area contributed by atoms with Crippen molar-refractivity contribution in [2.24, 2.45) is 11.7 Å². The molecule has 3 heteroatoms. The standard InChI is InChI=1S/C16H22N2O/c17-14-8-4-10-18(15-9-2-1-7-13(14)15)16(19)11-12-5-3-6-12/h1-2,7,9,12,14H,3-6,8,10-11,17H2. The minimum absolute atomic E-state index is 0.0673. The summed E-state index contributed by atoms with van der Waals surface area (Å²) in [6.45, 7) is 0.816. The molecule has 1 unspecified atom stereocenters. The van der Waals surface area contributed by atoms with Crippen LogP contribution in [0.1, 0.15) is 50.1 Å². The second-order valence-corrected chi connectivity index (χ2v) is 5.85. The molecule has 0 bridgehead atoms. The number of hydrogen-bond donors (Lipinski definition) is 1. The van der Waals surface area contributed by atoms with Crippen LogP contribution in [0.5, 0.6) is 0 Å². The van der Waals surface area contributed by atoms with Crippen LogP contribution in [-0.2, 0) is 4.79 Å². The van der Waals surface area contributed by atoms with Crippen LogP contribution in [0.15, 0.2) is 24.3 Å². The third-order valence-electron chi connectivity index (χ3n) is 4.51. The first-order valence-corrected chi connectivity index (χ1v) is 7.40. The first-order chi connectivity index (χ1) is 9.25. The summed E-state index contributed by atoms with van der Waals surface area (Å²) in [5, 5.41) is 0. The first kappa shape index (κ1) is 12.7. The fraction of sp³-hybridized carbons (Fsp3) is 0.562. The summed E-state index contributed by atoms with van der Waals surface area (Å²) in [6.07, 6.45) is 6.40. The van der Waals surface area contributed by atoms with E-state index >= 15 is 0 Å². The van der Waals surface area contributed by atoms with Gasteiger partial charge in [-0.25, -0.2) is 0 Å². The number of nitrogens with zero attached hydrogens (tertiary/aromatic N) is 1. The lowest BCUT2D eigenvalue weighted by Crippen LogP contribution is -2.34. The second-order valence-electron chi connectivity index (χ2n) is 5.85. The van der Waals surface area contributed by atoms with Gasteiger partial charge < -0.3 is 10.6 Å². The zero-order chi connectivity index (χ0) is 13.2. The molecule has 1 amide bonds. The lowest BCUT2D eigenvalue weighted by atomic mass is 9.82.